The maximum atomic E-state index is 5.42. The van der Waals surface area contributed by atoms with E-state index in [-0.39, 0.29) is 0 Å². The van der Waals surface area contributed by atoms with Gasteiger partial charge in [-0.2, -0.15) is 0 Å². The lowest BCUT2D eigenvalue weighted by Crippen LogP contribution is -2.34. The lowest BCUT2D eigenvalue weighted by atomic mass is 9.94. The van der Waals surface area contributed by atoms with Crippen molar-refractivity contribution in [1.82, 2.24) is 5.43 Å². The van der Waals surface area contributed by atoms with Crippen molar-refractivity contribution in [2.24, 2.45) is 5.84 Å². The first-order valence-electron chi connectivity index (χ1n) is 5.00. The van der Waals surface area contributed by atoms with Crippen molar-refractivity contribution in [2.75, 3.05) is 0 Å². The summed E-state index contributed by atoms with van der Waals surface area (Å²) in [5.41, 5.74) is 4.46. The summed E-state index contributed by atoms with van der Waals surface area (Å²) in [5, 5.41) is 0. The first kappa shape index (κ1) is 9.75. The number of hydrogen-bond donors (Lipinski definition) is 2. The van der Waals surface area contributed by atoms with Gasteiger partial charge in [-0.05, 0) is 38.5 Å². The van der Waals surface area contributed by atoms with Crippen LogP contribution in [0.1, 0.15) is 45.4 Å². The zero-order valence-corrected chi connectivity index (χ0v) is 7.97. The van der Waals surface area contributed by atoms with Crippen molar-refractivity contribution in [2.45, 2.75) is 51.5 Å². The molecule has 0 fully saturated rings. The summed E-state index contributed by atoms with van der Waals surface area (Å²) in [6, 6.07) is 0.481. The van der Waals surface area contributed by atoms with E-state index >= 15 is 0 Å². The van der Waals surface area contributed by atoms with E-state index in [9.17, 15) is 0 Å². The molecule has 0 aromatic rings. The summed E-state index contributed by atoms with van der Waals surface area (Å²) >= 11 is 0. The summed E-state index contributed by atoms with van der Waals surface area (Å²) in [5.74, 6) is 5.42. The van der Waals surface area contributed by atoms with E-state index in [2.05, 4.69) is 18.4 Å². The highest BCUT2D eigenvalue weighted by Crippen LogP contribution is 2.21. The Balaban J connectivity index is 2.32. The maximum Gasteiger partial charge on any atom is 0.0245 e. The molecule has 0 radical (unpaired) electrons. The Hall–Kier alpha value is -0.340. The van der Waals surface area contributed by atoms with Crippen molar-refractivity contribution >= 4 is 0 Å². The Labute approximate surface area is 75.2 Å². The average Bonchev–Trinajstić information content (AvgIpc) is 2.16. The fraction of sp³-hybridized carbons (Fsp3) is 0.800. The number of hydrogen-bond acceptors (Lipinski definition) is 2. The standard InChI is InChI=1S/C10H20N2/c1-2-10(12-11)8-9-6-4-3-5-7-9/h6,10,12H,2-5,7-8,11H2,1H3. The molecule has 12 heavy (non-hydrogen) atoms. The van der Waals surface area contributed by atoms with Gasteiger partial charge in [-0.25, -0.2) is 0 Å². The molecular weight excluding hydrogens is 148 g/mol. The van der Waals surface area contributed by atoms with Crippen LogP contribution in [0.15, 0.2) is 11.6 Å². The van der Waals surface area contributed by atoms with Gasteiger partial charge in [0.2, 0.25) is 0 Å². The van der Waals surface area contributed by atoms with Crippen LogP contribution in [0.25, 0.3) is 0 Å². The quantitative estimate of drug-likeness (QED) is 0.383. The van der Waals surface area contributed by atoms with E-state index in [4.69, 9.17) is 5.84 Å². The maximum absolute atomic E-state index is 5.42. The Morgan fingerprint density at radius 1 is 1.58 bits per heavy atom. The zero-order chi connectivity index (χ0) is 8.81. The third kappa shape index (κ3) is 2.95. The molecule has 0 saturated heterocycles. The number of hydrazine groups is 1. The predicted octanol–water partition coefficient (Wildman–Crippen LogP) is 2.12. The van der Waals surface area contributed by atoms with E-state index in [0.717, 1.165) is 12.8 Å². The van der Waals surface area contributed by atoms with Crippen LogP contribution < -0.4 is 11.3 Å². The first-order valence-corrected chi connectivity index (χ1v) is 5.00. The summed E-state index contributed by atoms with van der Waals surface area (Å²) in [4.78, 5) is 0. The molecule has 0 saturated carbocycles. The van der Waals surface area contributed by atoms with Crippen LogP contribution in [0.2, 0.25) is 0 Å². The normalized spacial score (nSPS) is 20.3. The third-order valence-corrected chi connectivity index (χ3v) is 2.62. The molecule has 2 nitrogen and oxygen atoms in total. The molecule has 0 aliphatic heterocycles. The molecule has 0 aromatic heterocycles. The van der Waals surface area contributed by atoms with Crippen LogP contribution in [-0.4, -0.2) is 6.04 Å². The van der Waals surface area contributed by atoms with Crippen LogP contribution in [0.5, 0.6) is 0 Å². The molecular formula is C10H20N2. The summed E-state index contributed by atoms with van der Waals surface area (Å²) in [7, 11) is 0. The fourth-order valence-electron chi connectivity index (χ4n) is 1.73. The molecule has 1 atom stereocenters. The lowest BCUT2D eigenvalue weighted by Gasteiger charge is -2.18. The van der Waals surface area contributed by atoms with Gasteiger partial charge in [-0.15, -0.1) is 0 Å². The minimum absolute atomic E-state index is 0.481. The molecule has 0 aromatic carbocycles. The molecule has 0 amide bonds. The van der Waals surface area contributed by atoms with Crippen LogP contribution in [0.4, 0.5) is 0 Å². The Kier molecular flexibility index (Phi) is 4.33. The van der Waals surface area contributed by atoms with Gasteiger partial charge in [-0.1, -0.05) is 18.6 Å². The van der Waals surface area contributed by atoms with Gasteiger partial charge in [0, 0.05) is 6.04 Å². The van der Waals surface area contributed by atoms with Gasteiger partial charge in [0.15, 0.2) is 0 Å². The van der Waals surface area contributed by atoms with Gasteiger partial charge in [0.05, 0.1) is 0 Å². The molecule has 0 spiro atoms. The lowest BCUT2D eigenvalue weighted by molar-refractivity contribution is 0.495. The van der Waals surface area contributed by atoms with Gasteiger partial charge < -0.3 is 0 Å². The van der Waals surface area contributed by atoms with Crippen molar-refractivity contribution in [3.63, 3.8) is 0 Å². The molecule has 1 unspecified atom stereocenters. The predicted molar refractivity (Wildman–Crippen MR) is 52.6 cm³/mol. The Bertz CT molecular complexity index is 148. The van der Waals surface area contributed by atoms with E-state index < -0.39 is 0 Å². The highest BCUT2D eigenvalue weighted by atomic mass is 15.2. The van der Waals surface area contributed by atoms with Crippen LogP contribution >= 0.6 is 0 Å². The van der Waals surface area contributed by atoms with Gasteiger partial charge in [0.25, 0.3) is 0 Å². The molecule has 2 heteroatoms. The average molecular weight is 168 g/mol. The molecule has 3 N–H and O–H groups in total. The molecule has 1 aliphatic rings. The van der Waals surface area contributed by atoms with E-state index in [1.54, 1.807) is 5.57 Å². The molecule has 0 bridgehead atoms. The third-order valence-electron chi connectivity index (χ3n) is 2.62. The van der Waals surface area contributed by atoms with E-state index in [1.165, 1.54) is 25.7 Å². The van der Waals surface area contributed by atoms with Crippen LogP contribution in [0.3, 0.4) is 0 Å². The van der Waals surface area contributed by atoms with Crippen molar-refractivity contribution in [3.8, 4) is 0 Å². The number of nitrogens with one attached hydrogen (secondary N) is 1. The monoisotopic (exact) mass is 168 g/mol. The number of rotatable bonds is 4. The zero-order valence-electron chi connectivity index (χ0n) is 7.97. The van der Waals surface area contributed by atoms with Crippen LogP contribution in [-0.2, 0) is 0 Å². The summed E-state index contributed by atoms with van der Waals surface area (Å²) in [6.07, 6.45) is 9.96. The molecule has 70 valence electrons. The largest absolute Gasteiger partial charge is 0.271 e. The van der Waals surface area contributed by atoms with Gasteiger partial charge in [-0.3, -0.25) is 11.3 Å². The molecule has 0 heterocycles. The van der Waals surface area contributed by atoms with Crippen molar-refractivity contribution in [1.29, 1.82) is 0 Å². The molecule has 1 aliphatic carbocycles. The first-order chi connectivity index (χ1) is 5.86. The molecule has 1 rings (SSSR count). The van der Waals surface area contributed by atoms with E-state index in [0.29, 0.717) is 6.04 Å². The fourth-order valence-corrected chi connectivity index (χ4v) is 1.73. The van der Waals surface area contributed by atoms with Gasteiger partial charge >= 0.3 is 0 Å². The second kappa shape index (κ2) is 5.33. The SMILES string of the molecule is CCC(CC1=CCCCC1)NN. The van der Waals surface area contributed by atoms with Gasteiger partial charge in [0.1, 0.15) is 0 Å². The Morgan fingerprint density at radius 2 is 2.42 bits per heavy atom. The summed E-state index contributed by atoms with van der Waals surface area (Å²) in [6.45, 7) is 2.17. The van der Waals surface area contributed by atoms with Crippen molar-refractivity contribution in [3.05, 3.63) is 11.6 Å². The van der Waals surface area contributed by atoms with E-state index in [1.807, 2.05) is 0 Å². The second-order valence-electron chi connectivity index (χ2n) is 3.58. The smallest absolute Gasteiger partial charge is 0.0245 e. The Morgan fingerprint density at radius 3 is 2.92 bits per heavy atom. The van der Waals surface area contributed by atoms with Crippen LogP contribution in [0, 0.1) is 0 Å². The highest BCUT2D eigenvalue weighted by molar-refractivity contribution is 5.06. The van der Waals surface area contributed by atoms with Crippen molar-refractivity contribution < 1.29 is 0 Å². The second-order valence-corrected chi connectivity index (χ2v) is 3.58. The topological polar surface area (TPSA) is 38.0 Å². The minimum atomic E-state index is 0.481. The highest BCUT2D eigenvalue weighted by Gasteiger charge is 2.09. The minimum Gasteiger partial charge on any atom is -0.271 e. The number of nitrogens with two attached hydrogens (primary N) is 1. The summed E-state index contributed by atoms with van der Waals surface area (Å²) < 4.78 is 0. The number of allylic oxidation sites excluding steroid dienone is 1.